The van der Waals surface area contributed by atoms with Crippen LogP contribution in [0.3, 0.4) is 0 Å². The molecule has 78 valence electrons. The normalized spacial score (nSPS) is 13.2. The fourth-order valence-corrected chi connectivity index (χ4v) is 1.80. The van der Waals surface area contributed by atoms with Gasteiger partial charge in [-0.1, -0.05) is 0 Å². The lowest BCUT2D eigenvalue weighted by molar-refractivity contribution is -0.138. The smallest absolute Gasteiger partial charge is 0.320 e. The number of hydrogen-bond donors (Lipinski definition) is 2. The molecule has 0 aromatic carbocycles. The van der Waals surface area contributed by atoms with E-state index < -0.39 is 12.0 Å². The fraction of sp³-hybridized carbons (Fsp3) is 0.875. The minimum atomic E-state index is -0.909. The molecule has 0 aliphatic carbocycles. The summed E-state index contributed by atoms with van der Waals surface area (Å²) in [5.74, 6) is 0.939. The van der Waals surface area contributed by atoms with Crippen LogP contribution >= 0.6 is 11.8 Å². The SMILES string of the molecule is CN(C)CCSCCC(N)C(=O)O. The number of thioether (sulfide) groups is 1. The van der Waals surface area contributed by atoms with Gasteiger partial charge in [-0.15, -0.1) is 0 Å². The van der Waals surface area contributed by atoms with E-state index in [1.807, 2.05) is 14.1 Å². The molecule has 1 atom stereocenters. The highest BCUT2D eigenvalue weighted by Gasteiger charge is 2.09. The van der Waals surface area contributed by atoms with Crippen molar-refractivity contribution in [3.05, 3.63) is 0 Å². The summed E-state index contributed by atoms with van der Waals surface area (Å²) < 4.78 is 0. The predicted molar refractivity (Wildman–Crippen MR) is 56.1 cm³/mol. The molecule has 0 radical (unpaired) electrons. The van der Waals surface area contributed by atoms with E-state index in [1.165, 1.54) is 0 Å². The third kappa shape index (κ3) is 8.08. The van der Waals surface area contributed by atoms with Crippen LogP contribution in [-0.2, 0) is 4.79 Å². The monoisotopic (exact) mass is 206 g/mol. The number of hydrogen-bond acceptors (Lipinski definition) is 4. The Labute approximate surface area is 83.5 Å². The Balaban J connectivity index is 3.21. The number of nitrogens with zero attached hydrogens (tertiary/aromatic N) is 1. The van der Waals surface area contributed by atoms with Crippen molar-refractivity contribution in [2.45, 2.75) is 12.5 Å². The summed E-state index contributed by atoms with van der Waals surface area (Å²) in [6, 6.07) is -0.702. The van der Waals surface area contributed by atoms with E-state index in [2.05, 4.69) is 4.90 Å². The van der Waals surface area contributed by atoms with Crippen LogP contribution < -0.4 is 5.73 Å². The van der Waals surface area contributed by atoms with Crippen molar-refractivity contribution in [3.8, 4) is 0 Å². The summed E-state index contributed by atoms with van der Waals surface area (Å²) in [6.07, 6.45) is 0.549. The van der Waals surface area contributed by atoms with Gasteiger partial charge in [-0.2, -0.15) is 11.8 Å². The number of rotatable bonds is 7. The minimum absolute atomic E-state index is 0.549. The number of aliphatic carboxylic acids is 1. The third-order valence-corrected chi connectivity index (χ3v) is 2.57. The average molecular weight is 206 g/mol. The topological polar surface area (TPSA) is 66.6 Å². The van der Waals surface area contributed by atoms with Gasteiger partial charge in [0.15, 0.2) is 0 Å². The summed E-state index contributed by atoms with van der Waals surface area (Å²) in [7, 11) is 4.03. The largest absolute Gasteiger partial charge is 0.480 e. The van der Waals surface area contributed by atoms with Crippen LogP contribution in [0.15, 0.2) is 0 Å². The summed E-state index contributed by atoms with van der Waals surface area (Å²) in [4.78, 5) is 12.4. The average Bonchev–Trinajstić information content (AvgIpc) is 2.02. The maximum Gasteiger partial charge on any atom is 0.320 e. The second-order valence-corrected chi connectivity index (χ2v) is 4.37. The first kappa shape index (κ1) is 12.7. The molecular weight excluding hydrogens is 188 g/mol. The number of carbonyl (C=O) groups is 1. The van der Waals surface area contributed by atoms with Crippen LogP contribution in [0.25, 0.3) is 0 Å². The van der Waals surface area contributed by atoms with Crippen LogP contribution in [0.1, 0.15) is 6.42 Å². The maximum atomic E-state index is 10.3. The van der Waals surface area contributed by atoms with Gasteiger partial charge in [0, 0.05) is 12.3 Å². The van der Waals surface area contributed by atoms with Crippen molar-refractivity contribution in [1.29, 1.82) is 0 Å². The first-order valence-electron chi connectivity index (χ1n) is 4.25. The molecule has 1 unspecified atom stereocenters. The van der Waals surface area contributed by atoms with Crippen LogP contribution in [0.5, 0.6) is 0 Å². The Morgan fingerprint density at radius 2 is 2.15 bits per heavy atom. The molecule has 0 aromatic rings. The third-order valence-electron chi connectivity index (χ3n) is 1.57. The van der Waals surface area contributed by atoms with Crippen LogP contribution in [-0.4, -0.2) is 54.2 Å². The Morgan fingerprint density at radius 1 is 1.54 bits per heavy atom. The number of carboxylic acid groups (broad SMARTS) is 1. The maximum absolute atomic E-state index is 10.3. The van der Waals surface area contributed by atoms with E-state index in [4.69, 9.17) is 10.8 Å². The molecule has 0 saturated carbocycles. The molecule has 0 fully saturated rings. The van der Waals surface area contributed by atoms with Crippen molar-refractivity contribution < 1.29 is 9.90 Å². The molecule has 13 heavy (non-hydrogen) atoms. The number of nitrogens with two attached hydrogens (primary N) is 1. The zero-order valence-corrected chi connectivity index (χ0v) is 9.01. The van der Waals surface area contributed by atoms with Gasteiger partial charge >= 0.3 is 5.97 Å². The van der Waals surface area contributed by atoms with Crippen LogP contribution in [0.4, 0.5) is 0 Å². The lowest BCUT2D eigenvalue weighted by atomic mass is 10.2. The van der Waals surface area contributed by atoms with E-state index in [9.17, 15) is 4.79 Å². The van der Waals surface area contributed by atoms with Gasteiger partial charge in [0.2, 0.25) is 0 Å². The summed E-state index contributed by atoms with van der Waals surface area (Å²) in [5, 5.41) is 8.48. The number of carboxylic acids is 1. The van der Waals surface area contributed by atoms with Crippen molar-refractivity contribution >= 4 is 17.7 Å². The molecule has 0 saturated heterocycles. The van der Waals surface area contributed by atoms with Crippen molar-refractivity contribution in [2.75, 3.05) is 32.1 Å². The van der Waals surface area contributed by atoms with Gasteiger partial charge < -0.3 is 15.7 Å². The fourth-order valence-electron chi connectivity index (χ4n) is 0.683. The van der Waals surface area contributed by atoms with E-state index in [0.717, 1.165) is 18.1 Å². The minimum Gasteiger partial charge on any atom is -0.480 e. The second-order valence-electron chi connectivity index (χ2n) is 3.15. The van der Waals surface area contributed by atoms with Crippen LogP contribution in [0.2, 0.25) is 0 Å². The molecule has 0 rings (SSSR count). The van der Waals surface area contributed by atoms with Crippen molar-refractivity contribution in [3.63, 3.8) is 0 Å². The standard InChI is InChI=1S/C8H18N2O2S/c1-10(2)4-6-13-5-3-7(9)8(11)12/h7H,3-6,9H2,1-2H3,(H,11,12). The molecule has 0 aromatic heterocycles. The van der Waals surface area contributed by atoms with Gasteiger partial charge in [0.05, 0.1) is 0 Å². The quantitative estimate of drug-likeness (QED) is 0.578. The van der Waals surface area contributed by atoms with E-state index >= 15 is 0 Å². The Bertz CT molecular complexity index is 153. The van der Waals surface area contributed by atoms with Crippen molar-refractivity contribution in [2.24, 2.45) is 5.73 Å². The van der Waals surface area contributed by atoms with Gasteiger partial charge in [-0.3, -0.25) is 4.79 Å². The lowest BCUT2D eigenvalue weighted by Gasteiger charge is -2.09. The predicted octanol–water partition coefficient (Wildman–Crippen LogP) is 0.0832. The summed E-state index contributed by atoms with van der Waals surface area (Å²) in [6.45, 7) is 1.02. The molecule has 0 spiro atoms. The Morgan fingerprint density at radius 3 is 2.62 bits per heavy atom. The lowest BCUT2D eigenvalue weighted by Crippen LogP contribution is -2.30. The molecular formula is C8H18N2O2S. The van der Waals surface area contributed by atoms with Gasteiger partial charge in [-0.05, 0) is 26.3 Å². The highest BCUT2D eigenvalue weighted by atomic mass is 32.2. The first-order valence-corrected chi connectivity index (χ1v) is 5.40. The molecule has 0 aliphatic rings. The molecule has 3 N–H and O–H groups in total. The first-order chi connectivity index (χ1) is 6.04. The zero-order chi connectivity index (χ0) is 10.3. The van der Waals surface area contributed by atoms with E-state index in [-0.39, 0.29) is 0 Å². The van der Waals surface area contributed by atoms with E-state index in [1.54, 1.807) is 11.8 Å². The molecule has 0 bridgehead atoms. The van der Waals surface area contributed by atoms with Gasteiger partial charge in [0.25, 0.3) is 0 Å². The summed E-state index contributed by atoms with van der Waals surface area (Å²) >= 11 is 1.74. The zero-order valence-electron chi connectivity index (χ0n) is 8.19. The Kier molecular flexibility index (Phi) is 7.03. The second kappa shape index (κ2) is 7.17. The molecule has 0 heterocycles. The highest BCUT2D eigenvalue weighted by Crippen LogP contribution is 2.03. The molecule has 0 amide bonds. The van der Waals surface area contributed by atoms with Crippen molar-refractivity contribution in [1.82, 2.24) is 4.90 Å². The highest BCUT2D eigenvalue weighted by molar-refractivity contribution is 7.99. The molecule has 0 aliphatic heterocycles. The van der Waals surface area contributed by atoms with Gasteiger partial charge in [-0.25, -0.2) is 0 Å². The molecule has 5 heteroatoms. The Hall–Kier alpha value is -0.260. The van der Waals surface area contributed by atoms with Crippen LogP contribution in [0, 0.1) is 0 Å². The molecule has 4 nitrogen and oxygen atoms in total. The summed E-state index contributed by atoms with van der Waals surface area (Å²) in [5.41, 5.74) is 5.34. The van der Waals surface area contributed by atoms with Gasteiger partial charge in [0.1, 0.15) is 6.04 Å². The van der Waals surface area contributed by atoms with E-state index in [0.29, 0.717) is 6.42 Å².